The topological polar surface area (TPSA) is 49.5 Å². The molecule has 0 saturated heterocycles. The Hall–Kier alpha value is -0.120. The highest BCUT2D eigenvalue weighted by Gasteiger charge is 2.23. The average Bonchev–Trinajstić information content (AvgIpc) is 2.12. The first-order valence-electron chi connectivity index (χ1n) is 5.20. The Kier molecular flexibility index (Phi) is 6.29. The number of nitrogens with zero attached hydrogens (tertiary/aromatic N) is 1. The molecule has 3 nitrogen and oxygen atoms in total. The van der Waals surface area contributed by atoms with Gasteiger partial charge in [0.15, 0.2) is 0 Å². The molecule has 3 atom stereocenters. The number of likely N-dealkylation sites (N-methyl/N-ethyl adjacent to an activating group) is 1. The van der Waals surface area contributed by atoms with Crippen LogP contribution in [0.4, 0.5) is 0 Å². The van der Waals surface area contributed by atoms with E-state index >= 15 is 0 Å². The van der Waals surface area contributed by atoms with E-state index in [9.17, 15) is 5.11 Å². The maximum atomic E-state index is 9.22. The minimum Gasteiger partial charge on any atom is -0.395 e. The molecule has 0 heterocycles. The predicted octanol–water partition coefficient (Wildman–Crippen LogP) is 0.815. The normalized spacial score (nSPS) is 18.7. The highest BCUT2D eigenvalue weighted by molar-refractivity contribution is 4.81. The van der Waals surface area contributed by atoms with Crippen molar-refractivity contribution in [2.75, 3.05) is 13.2 Å². The van der Waals surface area contributed by atoms with Crippen LogP contribution < -0.4 is 5.73 Å². The van der Waals surface area contributed by atoms with Crippen LogP contribution in [0.1, 0.15) is 34.1 Å². The van der Waals surface area contributed by atoms with Crippen molar-refractivity contribution < 1.29 is 5.11 Å². The van der Waals surface area contributed by atoms with E-state index in [0.29, 0.717) is 6.04 Å². The second-order valence-corrected chi connectivity index (χ2v) is 3.70. The summed E-state index contributed by atoms with van der Waals surface area (Å²) in [6, 6.07) is 0.618. The minimum absolute atomic E-state index is 0.0268. The lowest BCUT2D eigenvalue weighted by Crippen LogP contribution is -2.52. The van der Waals surface area contributed by atoms with E-state index in [2.05, 4.69) is 25.7 Å². The van der Waals surface area contributed by atoms with Crippen LogP contribution in [0.5, 0.6) is 0 Å². The van der Waals surface area contributed by atoms with Crippen LogP contribution >= 0.6 is 0 Å². The zero-order chi connectivity index (χ0) is 10.4. The molecule has 0 aliphatic carbocycles. The maximum Gasteiger partial charge on any atom is 0.0601 e. The van der Waals surface area contributed by atoms with Gasteiger partial charge < -0.3 is 10.8 Å². The monoisotopic (exact) mass is 188 g/mol. The third-order valence-electron chi connectivity index (χ3n) is 2.74. The fraction of sp³-hybridized carbons (Fsp3) is 1.00. The fourth-order valence-electron chi connectivity index (χ4n) is 1.68. The summed E-state index contributed by atoms with van der Waals surface area (Å²) in [5.41, 5.74) is 5.81. The van der Waals surface area contributed by atoms with Gasteiger partial charge in [-0.25, -0.2) is 0 Å². The predicted molar refractivity (Wildman–Crippen MR) is 56.7 cm³/mol. The van der Waals surface area contributed by atoms with Gasteiger partial charge >= 0.3 is 0 Å². The van der Waals surface area contributed by atoms with Crippen LogP contribution in [0.15, 0.2) is 0 Å². The molecule has 0 bridgehead atoms. The summed E-state index contributed by atoms with van der Waals surface area (Å²) < 4.78 is 0. The number of rotatable bonds is 6. The van der Waals surface area contributed by atoms with E-state index in [1.807, 2.05) is 6.92 Å². The molecular weight excluding hydrogens is 164 g/mol. The molecule has 0 amide bonds. The van der Waals surface area contributed by atoms with E-state index in [-0.39, 0.29) is 18.7 Å². The van der Waals surface area contributed by atoms with Crippen LogP contribution in [0, 0.1) is 0 Å². The summed E-state index contributed by atoms with van der Waals surface area (Å²) in [5, 5.41) is 9.22. The standard InChI is InChI=1S/C10H24N2O/c1-5-8(3)12(6-2)10(7-13)9(4)11/h8-10,13H,5-7,11H2,1-4H3. The number of hydrogen-bond acceptors (Lipinski definition) is 3. The quantitative estimate of drug-likeness (QED) is 0.648. The number of aliphatic hydroxyl groups is 1. The van der Waals surface area contributed by atoms with Gasteiger partial charge in [-0.05, 0) is 26.8 Å². The third-order valence-corrected chi connectivity index (χ3v) is 2.74. The molecule has 0 saturated carbocycles. The number of nitrogens with two attached hydrogens (primary N) is 1. The summed E-state index contributed by atoms with van der Waals surface area (Å²) in [6.07, 6.45) is 1.09. The van der Waals surface area contributed by atoms with Gasteiger partial charge in [0.25, 0.3) is 0 Å². The largest absolute Gasteiger partial charge is 0.395 e. The Morgan fingerprint density at radius 3 is 2.08 bits per heavy atom. The van der Waals surface area contributed by atoms with E-state index in [0.717, 1.165) is 13.0 Å². The first-order chi connectivity index (χ1) is 6.08. The highest BCUT2D eigenvalue weighted by atomic mass is 16.3. The Bertz CT molecular complexity index is 128. The highest BCUT2D eigenvalue weighted by Crippen LogP contribution is 2.10. The third kappa shape index (κ3) is 3.63. The van der Waals surface area contributed by atoms with Gasteiger partial charge in [0.2, 0.25) is 0 Å². The molecule has 3 N–H and O–H groups in total. The zero-order valence-electron chi connectivity index (χ0n) is 9.33. The number of aliphatic hydroxyl groups excluding tert-OH is 1. The molecule has 3 heteroatoms. The average molecular weight is 188 g/mol. The van der Waals surface area contributed by atoms with Crippen molar-refractivity contribution >= 4 is 0 Å². The molecular formula is C10H24N2O. The van der Waals surface area contributed by atoms with Crippen molar-refractivity contribution in [3.8, 4) is 0 Å². The lowest BCUT2D eigenvalue weighted by Gasteiger charge is -2.36. The Balaban J connectivity index is 4.33. The fourth-order valence-corrected chi connectivity index (χ4v) is 1.68. The van der Waals surface area contributed by atoms with Gasteiger partial charge in [-0.15, -0.1) is 0 Å². The van der Waals surface area contributed by atoms with Crippen LogP contribution in [-0.2, 0) is 0 Å². The second kappa shape index (κ2) is 6.35. The van der Waals surface area contributed by atoms with Gasteiger partial charge in [0.1, 0.15) is 0 Å². The van der Waals surface area contributed by atoms with E-state index in [4.69, 9.17) is 5.73 Å². The first-order valence-corrected chi connectivity index (χ1v) is 5.20. The lowest BCUT2D eigenvalue weighted by molar-refractivity contribution is 0.0793. The molecule has 0 spiro atoms. The summed E-state index contributed by atoms with van der Waals surface area (Å²) >= 11 is 0. The van der Waals surface area contributed by atoms with E-state index in [1.54, 1.807) is 0 Å². The molecule has 0 radical (unpaired) electrons. The minimum atomic E-state index is 0.0268. The van der Waals surface area contributed by atoms with Gasteiger partial charge in [0, 0.05) is 18.1 Å². The van der Waals surface area contributed by atoms with E-state index in [1.165, 1.54) is 0 Å². The Morgan fingerprint density at radius 2 is 1.85 bits per heavy atom. The molecule has 0 aromatic rings. The van der Waals surface area contributed by atoms with Crippen molar-refractivity contribution in [3.05, 3.63) is 0 Å². The summed E-state index contributed by atoms with van der Waals surface area (Å²) in [5.74, 6) is 0. The van der Waals surface area contributed by atoms with Crippen molar-refractivity contribution in [2.24, 2.45) is 5.73 Å². The summed E-state index contributed by atoms with van der Waals surface area (Å²) in [6.45, 7) is 9.48. The smallest absolute Gasteiger partial charge is 0.0601 e. The lowest BCUT2D eigenvalue weighted by atomic mass is 10.1. The van der Waals surface area contributed by atoms with Crippen molar-refractivity contribution in [1.82, 2.24) is 4.90 Å². The van der Waals surface area contributed by atoms with Gasteiger partial charge in [0.05, 0.1) is 6.61 Å². The molecule has 13 heavy (non-hydrogen) atoms. The van der Waals surface area contributed by atoms with Crippen molar-refractivity contribution in [3.63, 3.8) is 0 Å². The molecule has 80 valence electrons. The molecule has 0 rings (SSSR count). The van der Waals surface area contributed by atoms with Crippen LogP contribution in [-0.4, -0.2) is 41.3 Å². The van der Waals surface area contributed by atoms with Crippen LogP contribution in [0.3, 0.4) is 0 Å². The van der Waals surface area contributed by atoms with Gasteiger partial charge in [-0.2, -0.15) is 0 Å². The molecule has 0 fully saturated rings. The van der Waals surface area contributed by atoms with Crippen LogP contribution in [0.25, 0.3) is 0 Å². The maximum absolute atomic E-state index is 9.22. The zero-order valence-corrected chi connectivity index (χ0v) is 9.33. The van der Waals surface area contributed by atoms with Crippen molar-refractivity contribution in [2.45, 2.75) is 52.2 Å². The molecule has 0 aromatic heterocycles. The molecule has 0 aliphatic heterocycles. The first kappa shape index (κ1) is 12.9. The van der Waals surface area contributed by atoms with Gasteiger partial charge in [-0.1, -0.05) is 13.8 Å². The molecule has 0 aliphatic rings. The second-order valence-electron chi connectivity index (χ2n) is 3.70. The Labute approximate surface area is 81.9 Å². The summed E-state index contributed by atoms with van der Waals surface area (Å²) in [4.78, 5) is 2.27. The van der Waals surface area contributed by atoms with Crippen LogP contribution in [0.2, 0.25) is 0 Å². The molecule has 3 unspecified atom stereocenters. The number of hydrogen-bond donors (Lipinski definition) is 2. The summed E-state index contributed by atoms with van der Waals surface area (Å²) in [7, 11) is 0. The Morgan fingerprint density at radius 1 is 1.31 bits per heavy atom. The van der Waals surface area contributed by atoms with Gasteiger partial charge in [-0.3, -0.25) is 4.90 Å². The van der Waals surface area contributed by atoms with E-state index < -0.39 is 0 Å². The van der Waals surface area contributed by atoms with Crippen molar-refractivity contribution in [1.29, 1.82) is 0 Å². The molecule has 0 aromatic carbocycles. The SMILES string of the molecule is CCC(C)N(CC)C(CO)C(C)N.